The molecule has 0 saturated heterocycles. The number of aryl methyl sites for hydroxylation is 1. The van der Waals surface area contributed by atoms with Crippen molar-refractivity contribution in [3.8, 4) is 0 Å². The van der Waals surface area contributed by atoms with Crippen LogP contribution in [-0.2, 0) is 11.2 Å². The third-order valence-electron chi connectivity index (χ3n) is 2.99. The van der Waals surface area contributed by atoms with Crippen LogP contribution in [0.1, 0.15) is 40.4 Å². The molecule has 0 fully saturated rings. The second-order valence-corrected chi connectivity index (χ2v) is 4.02. The molecule has 1 aromatic rings. The van der Waals surface area contributed by atoms with Crippen LogP contribution in [0.4, 0.5) is 4.39 Å². The highest BCUT2D eigenvalue weighted by Gasteiger charge is 2.22. The minimum absolute atomic E-state index is 0. The van der Waals surface area contributed by atoms with Crippen molar-refractivity contribution in [3.63, 3.8) is 0 Å². The lowest BCUT2D eigenvalue weighted by molar-refractivity contribution is 0.0595. The molecular formula is C12H15ClFNO2. The Bertz CT molecular complexity index is 437. The van der Waals surface area contributed by atoms with Crippen molar-refractivity contribution in [2.24, 2.45) is 5.73 Å². The molecule has 1 aromatic carbocycles. The number of fused-ring (bicyclic) bond motifs is 1. The number of nitrogens with two attached hydrogens (primary N) is 1. The van der Waals surface area contributed by atoms with Crippen molar-refractivity contribution in [2.75, 3.05) is 7.11 Å². The summed E-state index contributed by atoms with van der Waals surface area (Å²) in [5, 5.41) is 0. The molecule has 17 heavy (non-hydrogen) atoms. The summed E-state index contributed by atoms with van der Waals surface area (Å²) < 4.78 is 18.1. The van der Waals surface area contributed by atoms with Crippen LogP contribution in [0.5, 0.6) is 0 Å². The van der Waals surface area contributed by atoms with Crippen LogP contribution in [0.15, 0.2) is 12.1 Å². The van der Waals surface area contributed by atoms with Gasteiger partial charge in [-0.2, -0.15) is 0 Å². The van der Waals surface area contributed by atoms with Gasteiger partial charge in [-0.05, 0) is 42.5 Å². The molecule has 0 aliphatic heterocycles. The van der Waals surface area contributed by atoms with E-state index in [0.29, 0.717) is 0 Å². The summed E-state index contributed by atoms with van der Waals surface area (Å²) in [6, 6.07) is 2.83. The van der Waals surface area contributed by atoms with Crippen molar-refractivity contribution in [3.05, 3.63) is 34.6 Å². The number of benzene rings is 1. The molecule has 2 N–H and O–H groups in total. The number of rotatable bonds is 1. The summed E-state index contributed by atoms with van der Waals surface area (Å²) in [5.74, 6) is -1.18. The molecule has 2 rings (SSSR count). The molecule has 0 aromatic heterocycles. The maximum absolute atomic E-state index is 13.6. The molecule has 0 amide bonds. The second-order valence-electron chi connectivity index (χ2n) is 4.02. The molecule has 0 radical (unpaired) electrons. The first-order chi connectivity index (χ1) is 7.63. The van der Waals surface area contributed by atoms with Gasteiger partial charge in [0.2, 0.25) is 0 Å². The molecule has 1 aliphatic rings. The van der Waals surface area contributed by atoms with Gasteiger partial charge in [0, 0.05) is 6.04 Å². The smallest absolute Gasteiger partial charge is 0.340 e. The van der Waals surface area contributed by atoms with Gasteiger partial charge in [0.15, 0.2) is 0 Å². The fourth-order valence-electron chi connectivity index (χ4n) is 2.13. The summed E-state index contributed by atoms with van der Waals surface area (Å²) in [7, 11) is 1.24. The van der Waals surface area contributed by atoms with Crippen molar-refractivity contribution in [1.82, 2.24) is 0 Å². The van der Waals surface area contributed by atoms with Gasteiger partial charge in [-0.1, -0.05) is 0 Å². The van der Waals surface area contributed by atoms with Crippen LogP contribution < -0.4 is 5.73 Å². The zero-order valence-electron chi connectivity index (χ0n) is 9.53. The predicted octanol–water partition coefficient (Wildman–Crippen LogP) is 2.37. The van der Waals surface area contributed by atoms with Gasteiger partial charge in [-0.15, -0.1) is 12.4 Å². The van der Waals surface area contributed by atoms with E-state index >= 15 is 0 Å². The molecule has 1 aliphatic carbocycles. The van der Waals surface area contributed by atoms with Crippen LogP contribution in [0, 0.1) is 5.82 Å². The molecule has 0 spiro atoms. The van der Waals surface area contributed by atoms with E-state index in [1.54, 1.807) is 0 Å². The van der Waals surface area contributed by atoms with Crippen LogP contribution >= 0.6 is 12.4 Å². The maximum Gasteiger partial charge on any atom is 0.340 e. The molecule has 3 nitrogen and oxygen atoms in total. The van der Waals surface area contributed by atoms with Crippen LogP contribution in [0.25, 0.3) is 0 Å². The molecule has 1 atom stereocenters. The van der Waals surface area contributed by atoms with E-state index < -0.39 is 11.8 Å². The predicted molar refractivity (Wildman–Crippen MR) is 64.9 cm³/mol. The Morgan fingerprint density at radius 2 is 2.24 bits per heavy atom. The summed E-state index contributed by atoms with van der Waals surface area (Å²) in [6.07, 6.45) is 2.66. The number of hydrogen-bond acceptors (Lipinski definition) is 3. The molecule has 0 saturated carbocycles. The lowest BCUT2D eigenvalue weighted by atomic mass is 9.87. The zero-order chi connectivity index (χ0) is 11.7. The lowest BCUT2D eigenvalue weighted by Gasteiger charge is -2.22. The highest BCUT2D eigenvalue weighted by atomic mass is 35.5. The Labute approximate surface area is 106 Å². The van der Waals surface area contributed by atoms with Gasteiger partial charge < -0.3 is 10.5 Å². The van der Waals surface area contributed by atoms with Crippen molar-refractivity contribution < 1.29 is 13.9 Å². The monoisotopic (exact) mass is 259 g/mol. The van der Waals surface area contributed by atoms with Gasteiger partial charge >= 0.3 is 5.97 Å². The van der Waals surface area contributed by atoms with Gasteiger partial charge in [-0.3, -0.25) is 0 Å². The Kier molecular flexibility index (Phi) is 4.48. The van der Waals surface area contributed by atoms with Crippen molar-refractivity contribution in [1.29, 1.82) is 0 Å². The number of ether oxygens (including phenoxy) is 1. The summed E-state index contributed by atoms with van der Waals surface area (Å²) in [5.41, 5.74) is 7.68. The minimum Gasteiger partial charge on any atom is -0.465 e. The highest BCUT2D eigenvalue weighted by molar-refractivity contribution is 5.90. The number of carbonyl (C=O) groups excluding carboxylic acids is 1. The first-order valence-corrected chi connectivity index (χ1v) is 5.29. The number of hydrogen-bond donors (Lipinski definition) is 1. The van der Waals surface area contributed by atoms with E-state index in [1.165, 1.54) is 19.2 Å². The third kappa shape index (κ3) is 2.58. The Hall–Kier alpha value is -1.13. The molecular weight excluding hydrogens is 245 g/mol. The number of halogens is 2. The molecule has 0 bridgehead atoms. The first-order valence-electron chi connectivity index (χ1n) is 5.29. The highest BCUT2D eigenvalue weighted by Crippen LogP contribution is 2.30. The fraction of sp³-hybridized carbons (Fsp3) is 0.417. The zero-order valence-corrected chi connectivity index (χ0v) is 10.3. The van der Waals surface area contributed by atoms with Crippen molar-refractivity contribution in [2.45, 2.75) is 25.3 Å². The summed E-state index contributed by atoms with van der Waals surface area (Å²) in [4.78, 5) is 11.3. The van der Waals surface area contributed by atoms with Gasteiger partial charge in [0.1, 0.15) is 5.82 Å². The normalized spacial score (nSPS) is 17.9. The van der Waals surface area contributed by atoms with E-state index in [1.807, 2.05) is 0 Å². The van der Waals surface area contributed by atoms with Crippen molar-refractivity contribution >= 4 is 18.4 Å². The van der Waals surface area contributed by atoms with E-state index in [-0.39, 0.29) is 24.0 Å². The lowest BCUT2D eigenvalue weighted by Crippen LogP contribution is -2.19. The molecule has 1 unspecified atom stereocenters. The minimum atomic E-state index is -0.655. The number of methoxy groups -OCH3 is 1. The Balaban J connectivity index is 0.00000144. The van der Waals surface area contributed by atoms with Gasteiger partial charge in [0.25, 0.3) is 0 Å². The SMILES string of the molecule is COC(=O)c1cc2c(cc1F)CCCC2N.Cl. The largest absolute Gasteiger partial charge is 0.465 e. The van der Waals surface area contributed by atoms with E-state index in [9.17, 15) is 9.18 Å². The summed E-state index contributed by atoms with van der Waals surface area (Å²) in [6.45, 7) is 0. The summed E-state index contributed by atoms with van der Waals surface area (Å²) >= 11 is 0. The molecule has 94 valence electrons. The number of carbonyl (C=O) groups is 1. The van der Waals surface area contributed by atoms with E-state index in [2.05, 4.69) is 4.74 Å². The average Bonchev–Trinajstić information content (AvgIpc) is 2.28. The molecule has 5 heteroatoms. The van der Waals surface area contributed by atoms with Gasteiger partial charge in [-0.25, -0.2) is 9.18 Å². The van der Waals surface area contributed by atoms with Gasteiger partial charge in [0.05, 0.1) is 12.7 Å². The van der Waals surface area contributed by atoms with Crippen LogP contribution in [0.3, 0.4) is 0 Å². The van der Waals surface area contributed by atoms with E-state index in [4.69, 9.17) is 5.73 Å². The van der Waals surface area contributed by atoms with Crippen LogP contribution in [-0.4, -0.2) is 13.1 Å². The maximum atomic E-state index is 13.6. The number of esters is 1. The average molecular weight is 260 g/mol. The quantitative estimate of drug-likeness (QED) is 0.788. The second kappa shape index (κ2) is 5.47. The van der Waals surface area contributed by atoms with E-state index in [0.717, 1.165) is 30.4 Å². The molecule has 0 heterocycles. The topological polar surface area (TPSA) is 52.3 Å². The Morgan fingerprint density at radius 1 is 1.53 bits per heavy atom. The third-order valence-corrected chi connectivity index (χ3v) is 2.99. The first kappa shape index (κ1) is 13.9. The standard InChI is InChI=1S/C12H14FNO2.ClH/c1-16-12(15)9-6-8-7(5-10(9)13)3-2-4-11(8)14;/h5-6,11H,2-4,14H2,1H3;1H. The van der Waals surface area contributed by atoms with Crippen LogP contribution in [0.2, 0.25) is 0 Å². The fourth-order valence-corrected chi connectivity index (χ4v) is 2.13. The Morgan fingerprint density at radius 3 is 2.88 bits per heavy atom.